The molecule has 0 aromatic heterocycles. The van der Waals surface area contributed by atoms with Crippen LogP contribution in [-0.4, -0.2) is 68.2 Å². The lowest BCUT2D eigenvalue weighted by molar-refractivity contribution is 0.211. The zero-order valence-electron chi connectivity index (χ0n) is 11.9. The summed E-state index contributed by atoms with van der Waals surface area (Å²) in [5.74, 6) is 0. The topological polar surface area (TPSA) is 43.9 Å². The molecule has 1 aliphatic rings. The summed E-state index contributed by atoms with van der Waals surface area (Å²) in [4.78, 5) is 2.17. The van der Waals surface area contributed by atoms with E-state index >= 15 is 0 Å². The van der Waals surface area contributed by atoms with E-state index in [1.807, 2.05) is 14.0 Å². The Hall–Kier alpha value is -0.170. The van der Waals surface area contributed by atoms with Gasteiger partial charge in [0.25, 0.3) is 10.2 Å². The highest BCUT2D eigenvalue weighted by Crippen LogP contribution is 2.13. The van der Waals surface area contributed by atoms with Crippen molar-refractivity contribution in [3.63, 3.8) is 0 Å². The van der Waals surface area contributed by atoms with Gasteiger partial charge in [-0.3, -0.25) is 0 Å². The molecule has 0 spiro atoms. The van der Waals surface area contributed by atoms with Crippen LogP contribution >= 0.6 is 0 Å². The molecule has 1 heterocycles. The first kappa shape index (κ1) is 15.9. The molecular weight excluding hydrogens is 250 g/mol. The molecule has 1 saturated heterocycles. The molecule has 0 aliphatic carbocycles. The van der Waals surface area contributed by atoms with Gasteiger partial charge in [0.2, 0.25) is 0 Å². The Balaban J connectivity index is 2.68. The third-order valence-electron chi connectivity index (χ3n) is 3.35. The SMILES string of the molecule is CCCCN(CCC)S(=O)(=O)N1CCN(C)CC1. The summed E-state index contributed by atoms with van der Waals surface area (Å²) in [6, 6.07) is 0. The summed E-state index contributed by atoms with van der Waals surface area (Å²) in [5.41, 5.74) is 0. The molecule has 0 radical (unpaired) electrons. The number of hydrogen-bond donors (Lipinski definition) is 0. The predicted octanol–water partition coefficient (Wildman–Crippen LogP) is 0.991. The van der Waals surface area contributed by atoms with E-state index in [2.05, 4.69) is 11.8 Å². The van der Waals surface area contributed by atoms with Crippen molar-refractivity contribution in [2.45, 2.75) is 33.1 Å². The van der Waals surface area contributed by atoms with Gasteiger partial charge in [-0.25, -0.2) is 0 Å². The van der Waals surface area contributed by atoms with Gasteiger partial charge in [-0.1, -0.05) is 20.3 Å². The number of unbranched alkanes of at least 4 members (excludes halogenated alkanes) is 1. The summed E-state index contributed by atoms with van der Waals surface area (Å²) in [5, 5.41) is 0. The second-order valence-corrected chi connectivity index (χ2v) is 6.89. The van der Waals surface area contributed by atoms with Gasteiger partial charge in [-0.15, -0.1) is 0 Å². The van der Waals surface area contributed by atoms with Gasteiger partial charge in [0.1, 0.15) is 0 Å². The summed E-state index contributed by atoms with van der Waals surface area (Å²) in [7, 11) is -1.21. The van der Waals surface area contributed by atoms with Crippen molar-refractivity contribution < 1.29 is 8.42 Å². The van der Waals surface area contributed by atoms with E-state index in [-0.39, 0.29) is 0 Å². The van der Waals surface area contributed by atoms with E-state index in [0.717, 1.165) is 32.4 Å². The quantitative estimate of drug-likeness (QED) is 0.697. The Morgan fingerprint density at radius 1 is 1.00 bits per heavy atom. The number of hydrogen-bond acceptors (Lipinski definition) is 3. The molecule has 0 amide bonds. The Kier molecular flexibility index (Phi) is 6.55. The van der Waals surface area contributed by atoms with Crippen LogP contribution in [0, 0.1) is 0 Å². The number of piperazine rings is 1. The molecule has 0 saturated carbocycles. The van der Waals surface area contributed by atoms with Crippen molar-refractivity contribution in [1.82, 2.24) is 13.5 Å². The molecule has 6 heteroatoms. The lowest BCUT2D eigenvalue weighted by Crippen LogP contribution is -2.52. The Morgan fingerprint density at radius 2 is 1.61 bits per heavy atom. The molecular formula is C12H27N3O2S. The predicted molar refractivity (Wildman–Crippen MR) is 74.8 cm³/mol. The van der Waals surface area contributed by atoms with Crippen LogP contribution in [0.4, 0.5) is 0 Å². The minimum absolute atomic E-state index is 0.616. The van der Waals surface area contributed by atoms with Gasteiger partial charge in [0.05, 0.1) is 0 Å². The normalized spacial score (nSPS) is 19.6. The fourth-order valence-corrected chi connectivity index (χ4v) is 3.83. The van der Waals surface area contributed by atoms with Gasteiger partial charge in [0.15, 0.2) is 0 Å². The lowest BCUT2D eigenvalue weighted by Gasteiger charge is -2.35. The zero-order chi connectivity index (χ0) is 13.6. The average molecular weight is 277 g/mol. The standard InChI is InChI=1S/C12H27N3O2S/c1-4-6-8-14(7-5-2)18(16,17)15-11-9-13(3)10-12-15/h4-12H2,1-3H3. The zero-order valence-corrected chi connectivity index (χ0v) is 12.7. The highest BCUT2D eigenvalue weighted by Gasteiger charge is 2.30. The van der Waals surface area contributed by atoms with Crippen LogP contribution < -0.4 is 0 Å². The smallest absolute Gasteiger partial charge is 0.282 e. The average Bonchev–Trinajstić information content (AvgIpc) is 2.35. The summed E-state index contributed by atoms with van der Waals surface area (Å²) in [6.07, 6.45) is 2.84. The van der Waals surface area contributed by atoms with Crippen LogP contribution in [0.1, 0.15) is 33.1 Å². The minimum atomic E-state index is -3.24. The molecule has 108 valence electrons. The van der Waals surface area contributed by atoms with Crippen LogP contribution in [0.5, 0.6) is 0 Å². The molecule has 1 aliphatic heterocycles. The summed E-state index contributed by atoms with van der Waals surface area (Å²) >= 11 is 0. The highest BCUT2D eigenvalue weighted by atomic mass is 32.2. The highest BCUT2D eigenvalue weighted by molar-refractivity contribution is 7.86. The maximum absolute atomic E-state index is 12.5. The first-order valence-corrected chi connectivity index (χ1v) is 8.35. The fourth-order valence-electron chi connectivity index (χ4n) is 2.11. The summed E-state index contributed by atoms with van der Waals surface area (Å²) in [6.45, 7) is 8.29. The van der Waals surface area contributed by atoms with Crippen molar-refractivity contribution >= 4 is 10.2 Å². The van der Waals surface area contributed by atoms with Gasteiger partial charge in [0, 0.05) is 39.3 Å². The van der Waals surface area contributed by atoms with Crippen molar-refractivity contribution in [3.05, 3.63) is 0 Å². The third-order valence-corrected chi connectivity index (χ3v) is 5.38. The van der Waals surface area contributed by atoms with Gasteiger partial charge in [-0.2, -0.15) is 17.0 Å². The minimum Gasteiger partial charge on any atom is -0.304 e. The van der Waals surface area contributed by atoms with Gasteiger partial charge >= 0.3 is 0 Å². The van der Waals surface area contributed by atoms with Crippen molar-refractivity contribution in [3.8, 4) is 0 Å². The van der Waals surface area contributed by atoms with E-state index < -0.39 is 10.2 Å². The molecule has 18 heavy (non-hydrogen) atoms. The summed E-state index contributed by atoms with van der Waals surface area (Å²) < 4.78 is 28.3. The van der Waals surface area contributed by atoms with Gasteiger partial charge < -0.3 is 4.90 Å². The van der Waals surface area contributed by atoms with Crippen molar-refractivity contribution in [2.24, 2.45) is 0 Å². The molecule has 0 bridgehead atoms. The molecule has 0 aromatic carbocycles. The third kappa shape index (κ3) is 4.19. The Labute approximate surface area is 112 Å². The van der Waals surface area contributed by atoms with Crippen LogP contribution in [0.3, 0.4) is 0 Å². The second kappa shape index (κ2) is 7.43. The molecule has 0 unspecified atom stereocenters. The lowest BCUT2D eigenvalue weighted by atomic mass is 10.3. The van der Waals surface area contributed by atoms with E-state index in [0.29, 0.717) is 26.2 Å². The largest absolute Gasteiger partial charge is 0.304 e. The van der Waals surface area contributed by atoms with Gasteiger partial charge in [-0.05, 0) is 19.9 Å². The molecule has 0 aromatic rings. The van der Waals surface area contributed by atoms with Crippen molar-refractivity contribution in [1.29, 1.82) is 0 Å². The van der Waals surface area contributed by atoms with Crippen LogP contribution in [0.25, 0.3) is 0 Å². The molecule has 1 rings (SSSR count). The Bertz CT molecular complexity index is 324. The van der Waals surface area contributed by atoms with E-state index in [1.54, 1.807) is 8.61 Å². The van der Waals surface area contributed by atoms with Crippen LogP contribution in [-0.2, 0) is 10.2 Å². The molecule has 0 N–H and O–H groups in total. The van der Waals surface area contributed by atoms with Crippen molar-refractivity contribution in [2.75, 3.05) is 46.3 Å². The second-order valence-electron chi connectivity index (χ2n) is 4.96. The maximum atomic E-state index is 12.5. The Morgan fingerprint density at radius 3 is 2.11 bits per heavy atom. The number of likely N-dealkylation sites (N-methyl/N-ethyl adjacent to an activating group) is 1. The van der Waals surface area contributed by atoms with Crippen LogP contribution in [0.2, 0.25) is 0 Å². The van der Waals surface area contributed by atoms with E-state index in [9.17, 15) is 8.42 Å². The first-order valence-electron chi connectivity index (χ1n) is 6.96. The fraction of sp³-hybridized carbons (Fsp3) is 1.00. The van der Waals surface area contributed by atoms with E-state index in [4.69, 9.17) is 0 Å². The number of nitrogens with zero attached hydrogens (tertiary/aromatic N) is 3. The monoisotopic (exact) mass is 277 g/mol. The van der Waals surface area contributed by atoms with Crippen LogP contribution in [0.15, 0.2) is 0 Å². The maximum Gasteiger partial charge on any atom is 0.282 e. The molecule has 5 nitrogen and oxygen atoms in total. The first-order chi connectivity index (χ1) is 8.52. The molecule has 0 atom stereocenters. The number of rotatable bonds is 7. The molecule has 1 fully saturated rings. The van der Waals surface area contributed by atoms with E-state index in [1.165, 1.54) is 0 Å².